The molecule has 0 spiro atoms. The number of benzene rings is 4. The molecule has 0 saturated heterocycles. The molecule has 0 fully saturated rings. The van der Waals surface area contributed by atoms with Gasteiger partial charge in [-0.25, -0.2) is 9.97 Å². The normalized spacial score (nSPS) is 13.5. The van der Waals surface area contributed by atoms with Gasteiger partial charge in [-0.15, -0.1) is 0 Å². The van der Waals surface area contributed by atoms with E-state index in [-0.39, 0.29) is 21.2 Å². The van der Waals surface area contributed by atoms with Crippen LogP contribution in [0.15, 0.2) is 0 Å². The zero-order valence-electron chi connectivity index (χ0n) is 54.9. The first-order valence-electron chi connectivity index (χ1n) is 29.1. The number of hydrogen-bond donors (Lipinski definition) is 10. The molecule has 0 saturated carbocycles. The SMILES string of the molecule is CC1=C(C)c2nc1c(-c1c(C)c(C)c(P(=O)(O)O)c(C)c1C)c1[nH]c(c(C)c1C)c(-c1c(C)c(C)c(P(=O)(O)O)c(C)c1C)c1nc(c(-c3c(C)c(C)c(P(=O)(O)O)c(C)c3C)c3[nH]c(c(C)c3C)c2-c2c(C)c(C)c(P(=O)(O)O)c(C)c2C)C(C)=C1C. The lowest BCUT2D eigenvalue weighted by molar-refractivity contribution is 0.385. The van der Waals surface area contributed by atoms with E-state index in [9.17, 15) is 57.4 Å². The van der Waals surface area contributed by atoms with E-state index in [1.165, 1.54) is 0 Å². The third-order valence-corrected chi connectivity index (χ3v) is 25.6. The average Bonchev–Trinajstić information content (AvgIpc) is 1.53. The van der Waals surface area contributed by atoms with Gasteiger partial charge in [0.25, 0.3) is 0 Å². The lowest BCUT2D eigenvalue weighted by Gasteiger charge is -2.23. The smallest absolute Gasteiger partial charge is 0.354 e. The van der Waals surface area contributed by atoms with Crippen molar-refractivity contribution in [1.82, 2.24) is 19.9 Å². The molecule has 2 aliphatic heterocycles. The Kier molecular flexibility index (Phi) is 16.5. The van der Waals surface area contributed by atoms with Crippen LogP contribution in [0, 0.1) is 138 Å². The molecule has 3 aromatic heterocycles. The molecule has 9 rings (SSSR count). The lowest BCUT2D eigenvalue weighted by atomic mass is 9.85. The van der Waals surface area contributed by atoms with Gasteiger partial charge in [0.1, 0.15) is 0 Å². The quantitative estimate of drug-likeness (QED) is 0.0634. The molecule has 20 heteroatoms. The predicted octanol–water partition coefficient (Wildman–Crippen LogP) is 14.3. The Morgan fingerprint density at radius 3 is 0.477 bits per heavy atom. The van der Waals surface area contributed by atoms with Gasteiger partial charge < -0.3 is 49.1 Å². The van der Waals surface area contributed by atoms with Gasteiger partial charge in [-0.3, -0.25) is 18.3 Å². The molecule has 7 aromatic rings. The second-order valence-electron chi connectivity index (χ2n) is 24.9. The molecular formula is C68H82N4O12P4. The summed E-state index contributed by atoms with van der Waals surface area (Å²) in [6.45, 7) is 44.8. The second kappa shape index (κ2) is 21.9. The number of nitrogens with one attached hydrogen (secondary N) is 2. The largest absolute Gasteiger partial charge is 0.356 e. The minimum absolute atomic E-state index is 0.0525. The van der Waals surface area contributed by atoms with Crippen molar-refractivity contribution < 1.29 is 57.4 Å². The summed E-state index contributed by atoms with van der Waals surface area (Å²) in [6.07, 6.45) is 0. The molecule has 2 aliphatic rings. The van der Waals surface area contributed by atoms with Gasteiger partial charge >= 0.3 is 30.4 Å². The van der Waals surface area contributed by atoms with Gasteiger partial charge in [-0.05, 0) is 322 Å². The molecule has 16 nitrogen and oxygen atoms in total. The van der Waals surface area contributed by atoms with Crippen LogP contribution in [0.5, 0.6) is 0 Å². The minimum Gasteiger partial charge on any atom is -0.354 e. The highest BCUT2D eigenvalue weighted by atomic mass is 31.2. The van der Waals surface area contributed by atoms with Gasteiger partial charge in [0.2, 0.25) is 0 Å². The minimum atomic E-state index is -4.82. The highest BCUT2D eigenvalue weighted by Crippen LogP contribution is 2.54. The Balaban J connectivity index is 1.76. The third kappa shape index (κ3) is 9.80. The maximum Gasteiger partial charge on any atom is 0.356 e. The van der Waals surface area contributed by atoms with Crippen molar-refractivity contribution in [3.8, 4) is 44.5 Å². The van der Waals surface area contributed by atoms with Gasteiger partial charge in [0.15, 0.2) is 0 Å². The fraction of sp³-hybridized carbons (Fsp3) is 0.353. The molecule has 0 unspecified atom stereocenters. The van der Waals surface area contributed by atoms with E-state index in [4.69, 9.17) is 9.97 Å². The Labute approximate surface area is 515 Å². The first-order valence-corrected chi connectivity index (χ1v) is 35.6. The van der Waals surface area contributed by atoms with Gasteiger partial charge in [0, 0.05) is 22.3 Å². The van der Waals surface area contributed by atoms with Crippen molar-refractivity contribution in [2.24, 2.45) is 0 Å². The number of H-pyrrole nitrogens is 2. The number of aryl methyl sites for hydroxylation is 4. The molecule has 0 radical (unpaired) electrons. The van der Waals surface area contributed by atoms with E-state index in [0.29, 0.717) is 178 Å². The van der Waals surface area contributed by atoms with Crippen molar-refractivity contribution in [3.63, 3.8) is 0 Å². The van der Waals surface area contributed by atoms with Crippen LogP contribution in [0.1, 0.15) is 162 Å². The Bertz CT molecular complexity index is 4160. The van der Waals surface area contributed by atoms with Crippen LogP contribution >= 0.6 is 30.4 Å². The van der Waals surface area contributed by atoms with Crippen molar-refractivity contribution in [3.05, 3.63) is 134 Å². The first-order chi connectivity index (χ1) is 40.3. The summed E-state index contributed by atoms with van der Waals surface area (Å²) in [7, 11) is -19.3. The molecule has 88 heavy (non-hydrogen) atoms. The number of aromatic nitrogens is 4. The number of nitrogens with zero attached hydrogens (tertiary/aromatic N) is 2. The van der Waals surface area contributed by atoms with Crippen LogP contribution in [0.3, 0.4) is 0 Å². The molecule has 466 valence electrons. The van der Waals surface area contributed by atoms with E-state index in [1.54, 1.807) is 55.4 Å². The monoisotopic (exact) mass is 1270 g/mol. The van der Waals surface area contributed by atoms with Crippen LogP contribution in [0.4, 0.5) is 0 Å². The Hall–Kier alpha value is -5.92. The van der Waals surface area contributed by atoms with Gasteiger partial charge in [-0.2, -0.15) is 0 Å². The van der Waals surface area contributed by atoms with E-state index in [0.717, 1.165) is 44.5 Å². The third-order valence-electron chi connectivity index (χ3n) is 20.6. The van der Waals surface area contributed by atoms with E-state index >= 15 is 0 Å². The van der Waals surface area contributed by atoms with E-state index in [1.807, 2.05) is 111 Å². The summed E-state index contributed by atoms with van der Waals surface area (Å²) in [6, 6.07) is 0. The number of hydrogen-bond acceptors (Lipinski definition) is 6. The lowest BCUT2D eigenvalue weighted by Crippen LogP contribution is -2.17. The van der Waals surface area contributed by atoms with Crippen LogP contribution in [-0.4, -0.2) is 59.1 Å². The molecule has 0 amide bonds. The van der Waals surface area contributed by atoms with Crippen LogP contribution < -0.4 is 21.2 Å². The summed E-state index contributed by atoms with van der Waals surface area (Å²) in [4.78, 5) is 107. The molecule has 4 aromatic carbocycles. The molecule has 10 N–H and O–H groups in total. The molecular weight excluding hydrogens is 1190 g/mol. The number of allylic oxidation sites excluding steroid dienone is 4. The van der Waals surface area contributed by atoms with E-state index in [2.05, 4.69) is 9.97 Å². The summed E-state index contributed by atoms with van der Waals surface area (Å²) in [5, 5.41) is -0.210. The fourth-order valence-corrected chi connectivity index (χ4v) is 19.3. The topological polar surface area (TPSA) is 287 Å². The zero-order valence-corrected chi connectivity index (χ0v) is 58.5. The summed E-state index contributed by atoms with van der Waals surface area (Å²) < 4.78 is 54.0. The standard InChI is InChI=1S/C68H82N4O12P4/c1-25-41(17)65(85(73,74)75)42(18)26(2)49(25)53-57-33(9)35(11)59(69-57)54(50-27(3)43(19)66(86(76,77)78)44(20)28(50)4)61-37(13)39(15)63(71-61)56(52-31(7)47(23)68(88(82,83)84)48(24)32(52)8)64-40(16)38(14)62(72-64)55(60-36(12)34(10)58(53)70-60)51-29(5)45(21)67(87(79,80)81)46(22)30(51)6/h69,72H,1-24H3,(H2,73,74,75)(H2,76,77,78)(H2,79,80,81)(H2,82,83,84). The van der Waals surface area contributed by atoms with Gasteiger partial charge in [-0.1, -0.05) is 0 Å². The fourth-order valence-electron chi connectivity index (χ4n) is 14.5. The Morgan fingerprint density at radius 1 is 0.216 bits per heavy atom. The highest BCUT2D eigenvalue weighted by molar-refractivity contribution is 7.61. The number of rotatable bonds is 8. The molecule has 0 atom stereocenters. The van der Waals surface area contributed by atoms with Crippen LogP contribution in [0.2, 0.25) is 0 Å². The van der Waals surface area contributed by atoms with Crippen LogP contribution in [-0.2, 0) is 18.3 Å². The number of aromatic amines is 2. The highest BCUT2D eigenvalue weighted by Gasteiger charge is 2.37. The second-order valence-corrected chi connectivity index (χ2v) is 31.1. The zero-order chi connectivity index (χ0) is 66.2. The summed E-state index contributed by atoms with van der Waals surface area (Å²) in [5.74, 6) is 0. The molecule has 5 heterocycles. The average molecular weight is 1270 g/mol. The maximum absolute atomic E-state index is 13.5. The van der Waals surface area contributed by atoms with Crippen molar-refractivity contribution in [2.45, 2.75) is 166 Å². The van der Waals surface area contributed by atoms with Crippen molar-refractivity contribution in [2.75, 3.05) is 0 Å². The Morgan fingerprint density at radius 2 is 0.352 bits per heavy atom. The number of fused-ring (bicyclic) bond motifs is 8. The first kappa shape index (κ1) is 66.5. The summed E-state index contributed by atoms with van der Waals surface area (Å²) >= 11 is 0. The molecule has 0 aliphatic carbocycles. The molecule has 8 bridgehead atoms. The van der Waals surface area contributed by atoms with Crippen LogP contribution in [0.25, 0.3) is 88.9 Å². The predicted molar refractivity (Wildman–Crippen MR) is 361 cm³/mol. The summed E-state index contributed by atoms with van der Waals surface area (Å²) in [5.41, 5.74) is 24.8. The van der Waals surface area contributed by atoms with E-state index < -0.39 is 30.4 Å². The van der Waals surface area contributed by atoms with Crippen molar-refractivity contribution in [1.29, 1.82) is 0 Å². The maximum atomic E-state index is 13.5. The van der Waals surface area contributed by atoms with Crippen molar-refractivity contribution >= 4 is 96.0 Å². The van der Waals surface area contributed by atoms with Gasteiger partial charge in [0.05, 0.1) is 66.1 Å².